The number of likely N-dealkylation sites (N-methyl/N-ethyl adjacent to an activating group) is 1. The number of hydrogen-bond donors (Lipinski definition) is 1. The molecule has 0 saturated carbocycles. The predicted molar refractivity (Wildman–Crippen MR) is 151 cm³/mol. The van der Waals surface area contributed by atoms with Crippen molar-refractivity contribution in [1.82, 2.24) is 54.4 Å². The smallest absolute Gasteiger partial charge is 0.387 e. The lowest BCUT2D eigenvalue weighted by Crippen LogP contribution is -2.45. The fourth-order valence-electron chi connectivity index (χ4n) is 4.96. The molecule has 1 amide bonds. The van der Waals surface area contributed by atoms with E-state index in [0.29, 0.717) is 23.6 Å². The zero-order chi connectivity index (χ0) is 29.9. The monoisotopic (exact) mass is 592 g/mol. The highest BCUT2D eigenvalue weighted by Crippen LogP contribution is 2.36. The van der Waals surface area contributed by atoms with Gasteiger partial charge in [-0.05, 0) is 42.6 Å². The highest BCUT2D eigenvalue weighted by atomic mass is 19.3. The lowest BCUT2D eigenvalue weighted by atomic mass is 10.1. The Morgan fingerprint density at radius 1 is 1.16 bits per heavy atom. The number of carbonyl (C=O) groups is 1. The van der Waals surface area contributed by atoms with E-state index in [2.05, 4.69) is 52.9 Å². The van der Waals surface area contributed by atoms with E-state index < -0.39 is 12.5 Å². The van der Waals surface area contributed by atoms with Crippen LogP contribution in [-0.4, -0.2) is 107 Å². The maximum absolute atomic E-state index is 13.4. The van der Waals surface area contributed by atoms with Gasteiger partial charge in [0, 0.05) is 56.9 Å². The Labute approximate surface area is 244 Å². The van der Waals surface area contributed by atoms with Gasteiger partial charge in [-0.3, -0.25) is 14.4 Å². The number of hydrogen-bond acceptors (Lipinski definition) is 10. The molecule has 0 atom stereocenters. The average molecular weight is 593 g/mol. The molecule has 5 aromatic rings. The standard InChI is InChI=1S/C27H30F2N12O2/c1-18-4-5-22(43-27(28)29)19(14-18)24-21(32-26(42)20-15-31-41-7-3-6-30-25(20)41)16-39(34-24)17-23-33-35-36-40(23)13-12-38-10-8-37(2)9-11-38/h3-7,14-16,27H,8-13,17H2,1-2H3,(H,32,42). The Bertz CT molecular complexity index is 1720. The molecule has 1 fully saturated rings. The maximum Gasteiger partial charge on any atom is 0.387 e. The van der Waals surface area contributed by atoms with E-state index in [1.165, 1.54) is 16.8 Å². The van der Waals surface area contributed by atoms with Crippen LogP contribution >= 0.6 is 0 Å². The number of aromatic nitrogens is 9. The van der Waals surface area contributed by atoms with E-state index in [4.69, 9.17) is 4.74 Å². The second-order valence-corrected chi connectivity index (χ2v) is 10.3. The van der Waals surface area contributed by atoms with Crippen molar-refractivity contribution >= 4 is 17.2 Å². The molecule has 5 heterocycles. The van der Waals surface area contributed by atoms with Crippen LogP contribution in [0.25, 0.3) is 16.9 Å². The third kappa shape index (κ3) is 6.34. The molecule has 0 aliphatic carbocycles. The minimum Gasteiger partial charge on any atom is -0.434 e. The van der Waals surface area contributed by atoms with Gasteiger partial charge in [-0.15, -0.1) is 5.10 Å². The molecule has 224 valence electrons. The summed E-state index contributed by atoms with van der Waals surface area (Å²) < 4.78 is 36.2. The Balaban J connectivity index is 1.30. The Hall–Kier alpha value is -4.83. The number of benzene rings is 1. The van der Waals surface area contributed by atoms with Crippen molar-refractivity contribution in [2.24, 2.45) is 0 Å². The Morgan fingerprint density at radius 2 is 2.00 bits per heavy atom. The molecule has 0 bridgehead atoms. The van der Waals surface area contributed by atoms with Gasteiger partial charge in [-0.25, -0.2) is 14.2 Å². The number of rotatable bonds is 10. The lowest BCUT2D eigenvalue weighted by molar-refractivity contribution is -0.0494. The van der Waals surface area contributed by atoms with Crippen molar-refractivity contribution in [1.29, 1.82) is 0 Å². The van der Waals surface area contributed by atoms with Gasteiger partial charge in [0.15, 0.2) is 11.5 Å². The van der Waals surface area contributed by atoms with Gasteiger partial charge in [0.1, 0.15) is 23.6 Å². The maximum atomic E-state index is 13.4. The van der Waals surface area contributed by atoms with Crippen molar-refractivity contribution in [3.05, 3.63) is 66.0 Å². The highest BCUT2D eigenvalue weighted by Gasteiger charge is 2.23. The van der Waals surface area contributed by atoms with Gasteiger partial charge < -0.3 is 15.0 Å². The van der Waals surface area contributed by atoms with Crippen LogP contribution in [0.2, 0.25) is 0 Å². The van der Waals surface area contributed by atoms with Crippen LogP contribution < -0.4 is 10.1 Å². The van der Waals surface area contributed by atoms with Crippen LogP contribution in [-0.2, 0) is 13.1 Å². The number of aryl methyl sites for hydroxylation is 1. The summed E-state index contributed by atoms with van der Waals surface area (Å²) in [6, 6.07) is 6.49. The normalized spacial score (nSPS) is 14.5. The summed E-state index contributed by atoms with van der Waals surface area (Å²) in [5, 5.41) is 23.9. The summed E-state index contributed by atoms with van der Waals surface area (Å²) in [5.74, 6) is -0.00678. The molecule has 1 aliphatic heterocycles. The zero-order valence-electron chi connectivity index (χ0n) is 23.6. The molecule has 1 saturated heterocycles. The first-order chi connectivity index (χ1) is 20.8. The number of halogens is 2. The number of nitrogens with zero attached hydrogens (tertiary/aromatic N) is 11. The van der Waals surface area contributed by atoms with Crippen LogP contribution in [0.15, 0.2) is 49.1 Å². The second kappa shape index (κ2) is 12.2. The van der Waals surface area contributed by atoms with Crippen molar-refractivity contribution in [2.75, 3.05) is 45.1 Å². The largest absolute Gasteiger partial charge is 0.434 e. The highest BCUT2D eigenvalue weighted by molar-refractivity contribution is 6.09. The van der Waals surface area contributed by atoms with Crippen molar-refractivity contribution in [3.8, 4) is 17.0 Å². The van der Waals surface area contributed by atoms with Gasteiger partial charge in [-0.2, -0.15) is 19.0 Å². The molecule has 1 N–H and O–H groups in total. The molecule has 43 heavy (non-hydrogen) atoms. The first-order valence-electron chi connectivity index (χ1n) is 13.7. The van der Waals surface area contributed by atoms with Crippen LogP contribution in [0.1, 0.15) is 21.7 Å². The quantitative estimate of drug-likeness (QED) is 0.257. The SMILES string of the molecule is Cc1ccc(OC(F)F)c(-c2nn(Cc3nnnn3CCN3CCN(C)CC3)cc2NC(=O)c2cnn3cccnc23)c1. The fraction of sp³-hybridized carbons (Fsp3) is 0.370. The van der Waals surface area contributed by atoms with E-state index in [1.807, 2.05) is 6.92 Å². The number of piperazine rings is 1. The number of nitrogens with one attached hydrogen (secondary N) is 1. The number of fused-ring (bicyclic) bond motifs is 1. The summed E-state index contributed by atoms with van der Waals surface area (Å²) in [6.45, 7) is 4.30. The molecule has 0 unspecified atom stereocenters. The van der Waals surface area contributed by atoms with Crippen LogP contribution in [0, 0.1) is 6.92 Å². The van der Waals surface area contributed by atoms with E-state index in [9.17, 15) is 13.6 Å². The van der Waals surface area contributed by atoms with Crippen LogP contribution in [0.5, 0.6) is 5.75 Å². The molecule has 4 aromatic heterocycles. The molecule has 14 nitrogen and oxygen atoms in total. The van der Waals surface area contributed by atoms with Crippen molar-refractivity contribution in [2.45, 2.75) is 26.6 Å². The lowest BCUT2D eigenvalue weighted by Gasteiger charge is -2.32. The number of amides is 1. The van der Waals surface area contributed by atoms with Gasteiger partial charge in [0.05, 0.1) is 18.4 Å². The first-order valence-corrected chi connectivity index (χ1v) is 13.7. The zero-order valence-corrected chi connectivity index (χ0v) is 23.6. The number of tetrazole rings is 1. The number of anilines is 1. The summed E-state index contributed by atoms with van der Waals surface area (Å²) in [4.78, 5) is 22.3. The summed E-state index contributed by atoms with van der Waals surface area (Å²) in [7, 11) is 2.11. The first kappa shape index (κ1) is 28.3. The van der Waals surface area contributed by atoms with E-state index in [1.54, 1.807) is 46.2 Å². The van der Waals surface area contributed by atoms with Crippen LogP contribution in [0.4, 0.5) is 14.5 Å². The van der Waals surface area contributed by atoms with Gasteiger partial charge in [0.25, 0.3) is 5.91 Å². The van der Waals surface area contributed by atoms with E-state index in [-0.39, 0.29) is 29.2 Å². The summed E-state index contributed by atoms with van der Waals surface area (Å²) in [5.41, 5.74) is 2.21. The molecule has 16 heteroatoms. The minimum atomic E-state index is -3.05. The number of ether oxygens (including phenoxy) is 1. The van der Waals surface area contributed by atoms with Gasteiger partial charge in [-0.1, -0.05) is 11.6 Å². The average Bonchev–Trinajstić information content (AvgIpc) is 3.72. The second-order valence-electron chi connectivity index (χ2n) is 10.3. The Morgan fingerprint density at radius 3 is 2.81 bits per heavy atom. The third-order valence-electron chi connectivity index (χ3n) is 7.27. The molecule has 0 radical (unpaired) electrons. The third-order valence-corrected chi connectivity index (χ3v) is 7.27. The topological polar surface area (TPSA) is 136 Å². The number of alkyl halides is 2. The molecule has 1 aromatic carbocycles. The van der Waals surface area contributed by atoms with E-state index >= 15 is 0 Å². The minimum absolute atomic E-state index is 0.0731. The van der Waals surface area contributed by atoms with Gasteiger partial charge in [0.2, 0.25) is 0 Å². The molecular weight excluding hydrogens is 562 g/mol. The molecule has 0 spiro atoms. The van der Waals surface area contributed by atoms with Crippen molar-refractivity contribution in [3.63, 3.8) is 0 Å². The molecule has 1 aliphatic rings. The number of carbonyl (C=O) groups excluding carboxylic acids is 1. The summed E-state index contributed by atoms with van der Waals surface area (Å²) >= 11 is 0. The molecular formula is C27H30F2N12O2. The van der Waals surface area contributed by atoms with Gasteiger partial charge >= 0.3 is 6.61 Å². The predicted octanol–water partition coefficient (Wildman–Crippen LogP) is 2.04. The molecule has 6 rings (SSSR count). The van der Waals surface area contributed by atoms with Crippen molar-refractivity contribution < 1.29 is 18.3 Å². The van der Waals surface area contributed by atoms with E-state index in [0.717, 1.165) is 38.3 Å². The van der Waals surface area contributed by atoms with Crippen LogP contribution in [0.3, 0.4) is 0 Å². The fourth-order valence-corrected chi connectivity index (χ4v) is 4.96. The Kier molecular flexibility index (Phi) is 8.02. The summed E-state index contributed by atoms with van der Waals surface area (Å²) in [6.07, 6.45) is 6.26.